The fourth-order valence-electron chi connectivity index (χ4n) is 2.68. The molecule has 1 aromatic heterocycles. The molecule has 0 aliphatic carbocycles. The fraction of sp³-hybridized carbons (Fsp3) is 0.200. The molecule has 3 aromatic rings. The number of carbonyl (C=O) groups is 1. The SMILES string of the molecule is CC(=O)Nc1ccccc1OCc1cc(=O)oc2c(C)c(C)ccc12. The first-order valence-corrected chi connectivity index (χ1v) is 7.98. The number of hydrogen-bond donors (Lipinski definition) is 1. The van der Waals surface area contributed by atoms with Gasteiger partial charge < -0.3 is 14.5 Å². The van der Waals surface area contributed by atoms with Crippen LogP contribution in [-0.4, -0.2) is 5.91 Å². The predicted molar refractivity (Wildman–Crippen MR) is 97.0 cm³/mol. The van der Waals surface area contributed by atoms with Crippen LogP contribution in [0.15, 0.2) is 51.7 Å². The van der Waals surface area contributed by atoms with Crippen LogP contribution in [0.1, 0.15) is 23.6 Å². The Morgan fingerprint density at radius 3 is 2.68 bits per heavy atom. The summed E-state index contributed by atoms with van der Waals surface area (Å²) in [5.74, 6) is 0.371. The van der Waals surface area contributed by atoms with Crippen molar-refractivity contribution in [3.8, 4) is 5.75 Å². The van der Waals surface area contributed by atoms with Gasteiger partial charge in [-0.25, -0.2) is 4.79 Å². The smallest absolute Gasteiger partial charge is 0.336 e. The average molecular weight is 337 g/mol. The number of anilines is 1. The molecule has 25 heavy (non-hydrogen) atoms. The normalized spacial score (nSPS) is 10.7. The lowest BCUT2D eigenvalue weighted by Crippen LogP contribution is -2.09. The van der Waals surface area contributed by atoms with Gasteiger partial charge in [0.25, 0.3) is 0 Å². The Bertz CT molecular complexity index is 1000. The summed E-state index contributed by atoms with van der Waals surface area (Å²) in [6.07, 6.45) is 0. The van der Waals surface area contributed by atoms with Crippen LogP contribution in [0.2, 0.25) is 0 Å². The van der Waals surface area contributed by atoms with Crippen LogP contribution in [-0.2, 0) is 11.4 Å². The predicted octanol–water partition coefficient (Wildman–Crippen LogP) is 3.95. The minimum absolute atomic E-state index is 0.173. The summed E-state index contributed by atoms with van der Waals surface area (Å²) >= 11 is 0. The molecule has 5 heteroatoms. The molecular weight excluding hydrogens is 318 g/mol. The highest BCUT2D eigenvalue weighted by Gasteiger charge is 2.11. The van der Waals surface area contributed by atoms with Crippen LogP contribution in [0.25, 0.3) is 11.0 Å². The van der Waals surface area contributed by atoms with Gasteiger partial charge in [0.15, 0.2) is 0 Å². The van der Waals surface area contributed by atoms with E-state index in [2.05, 4.69) is 5.32 Å². The Balaban J connectivity index is 1.96. The largest absolute Gasteiger partial charge is 0.487 e. The standard InChI is InChI=1S/C20H19NO4/c1-12-8-9-16-15(10-19(23)25-20(16)13(12)2)11-24-18-7-5-4-6-17(18)21-14(3)22/h4-10H,11H2,1-3H3,(H,21,22). The second kappa shape index (κ2) is 6.81. The average Bonchev–Trinajstić information content (AvgIpc) is 2.57. The second-order valence-corrected chi connectivity index (χ2v) is 5.94. The Morgan fingerprint density at radius 1 is 1.16 bits per heavy atom. The Labute approximate surface area is 145 Å². The minimum atomic E-state index is -0.407. The van der Waals surface area contributed by atoms with E-state index in [1.807, 2.05) is 38.1 Å². The van der Waals surface area contributed by atoms with E-state index in [9.17, 15) is 9.59 Å². The summed E-state index contributed by atoms with van der Waals surface area (Å²) in [6, 6.07) is 12.5. The summed E-state index contributed by atoms with van der Waals surface area (Å²) in [5.41, 5.74) is 3.51. The van der Waals surface area contributed by atoms with Crippen molar-refractivity contribution in [2.45, 2.75) is 27.4 Å². The number of nitrogens with one attached hydrogen (secondary N) is 1. The highest BCUT2D eigenvalue weighted by molar-refractivity contribution is 5.90. The maximum Gasteiger partial charge on any atom is 0.336 e. The fourth-order valence-corrected chi connectivity index (χ4v) is 2.68. The molecule has 0 saturated carbocycles. The van der Waals surface area contributed by atoms with Gasteiger partial charge in [0.2, 0.25) is 5.91 Å². The van der Waals surface area contributed by atoms with E-state index in [0.717, 1.165) is 22.1 Å². The summed E-state index contributed by atoms with van der Waals surface area (Å²) < 4.78 is 11.2. The van der Waals surface area contributed by atoms with Gasteiger partial charge in [-0.3, -0.25) is 4.79 Å². The number of carbonyl (C=O) groups excluding carboxylic acids is 1. The third-order valence-electron chi connectivity index (χ3n) is 4.10. The third-order valence-corrected chi connectivity index (χ3v) is 4.10. The molecule has 128 valence electrons. The highest BCUT2D eigenvalue weighted by Crippen LogP contribution is 2.27. The molecule has 0 unspecified atom stereocenters. The maximum absolute atomic E-state index is 11.9. The van der Waals surface area contributed by atoms with Gasteiger partial charge >= 0.3 is 5.63 Å². The van der Waals surface area contributed by atoms with Crippen LogP contribution < -0.4 is 15.7 Å². The summed E-state index contributed by atoms with van der Waals surface area (Å²) in [7, 11) is 0. The molecule has 0 spiro atoms. The van der Waals surface area contributed by atoms with E-state index in [4.69, 9.17) is 9.15 Å². The molecule has 3 rings (SSSR count). The van der Waals surface area contributed by atoms with Gasteiger partial charge in [-0.15, -0.1) is 0 Å². The van der Waals surface area contributed by atoms with Gasteiger partial charge in [-0.2, -0.15) is 0 Å². The van der Waals surface area contributed by atoms with Crippen LogP contribution >= 0.6 is 0 Å². The molecule has 1 heterocycles. The van der Waals surface area contributed by atoms with Gasteiger partial charge in [0.1, 0.15) is 17.9 Å². The summed E-state index contributed by atoms with van der Waals surface area (Å²) in [6.45, 7) is 5.54. The number of amides is 1. The van der Waals surface area contributed by atoms with Crippen LogP contribution in [0.4, 0.5) is 5.69 Å². The topological polar surface area (TPSA) is 68.5 Å². The van der Waals surface area contributed by atoms with E-state index >= 15 is 0 Å². The lowest BCUT2D eigenvalue weighted by atomic mass is 10.0. The molecule has 0 atom stereocenters. The Morgan fingerprint density at radius 2 is 1.92 bits per heavy atom. The third kappa shape index (κ3) is 3.55. The molecule has 1 N–H and O–H groups in total. The first-order valence-electron chi connectivity index (χ1n) is 7.98. The van der Waals surface area contributed by atoms with Gasteiger partial charge in [0.05, 0.1) is 5.69 Å². The zero-order valence-corrected chi connectivity index (χ0v) is 14.4. The van der Waals surface area contributed by atoms with Gasteiger partial charge in [-0.05, 0) is 37.1 Å². The zero-order valence-electron chi connectivity index (χ0n) is 14.4. The molecular formula is C20H19NO4. The lowest BCUT2D eigenvalue weighted by Gasteiger charge is -2.13. The number of hydrogen-bond acceptors (Lipinski definition) is 4. The maximum atomic E-state index is 11.9. The van der Waals surface area contributed by atoms with Crippen molar-refractivity contribution in [2.24, 2.45) is 0 Å². The van der Waals surface area contributed by atoms with Crippen molar-refractivity contribution in [1.29, 1.82) is 0 Å². The van der Waals surface area contributed by atoms with E-state index < -0.39 is 5.63 Å². The van der Waals surface area contributed by atoms with Crippen LogP contribution in [0, 0.1) is 13.8 Å². The van der Waals surface area contributed by atoms with Crippen molar-refractivity contribution in [2.75, 3.05) is 5.32 Å². The first kappa shape index (κ1) is 16.8. The van der Waals surface area contributed by atoms with Crippen molar-refractivity contribution in [3.63, 3.8) is 0 Å². The zero-order chi connectivity index (χ0) is 18.0. The Hall–Kier alpha value is -3.08. The molecule has 5 nitrogen and oxygen atoms in total. The molecule has 0 bridgehead atoms. The molecule has 0 aliphatic heterocycles. The second-order valence-electron chi connectivity index (χ2n) is 5.94. The molecule has 2 aromatic carbocycles. The van der Waals surface area contributed by atoms with Crippen molar-refractivity contribution >= 4 is 22.6 Å². The van der Waals surface area contributed by atoms with Crippen LogP contribution in [0.5, 0.6) is 5.75 Å². The van der Waals surface area contributed by atoms with E-state index in [1.165, 1.54) is 13.0 Å². The molecule has 0 saturated heterocycles. The van der Waals surface area contributed by atoms with E-state index in [-0.39, 0.29) is 12.5 Å². The molecule has 0 fully saturated rings. The number of aryl methyl sites for hydroxylation is 2. The minimum Gasteiger partial charge on any atom is -0.487 e. The highest BCUT2D eigenvalue weighted by atomic mass is 16.5. The number of ether oxygens (including phenoxy) is 1. The number of para-hydroxylation sites is 2. The lowest BCUT2D eigenvalue weighted by molar-refractivity contribution is -0.114. The summed E-state index contributed by atoms with van der Waals surface area (Å²) in [5, 5.41) is 3.58. The quantitative estimate of drug-likeness (QED) is 0.732. The van der Waals surface area contributed by atoms with Gasteiger partial charge in [0, 0.05) is 23.9 Å². The van der Waals surface area contributed by atoms with Crippen molar-refractivity contribution in [1.82, 2.24) is 0 Å². The first-order chi connectivity index (χ1) is 12.0. The van der Waals surface area contributed by atoms with E-state index in [1.54, 1.807) is 12.1 Å². The number of benzene rings is 2. The number of fused-ring (bicyclic) bond motifs is 1. The van der Waals surface area contributed by atoms with E-state index in [0.29, 0.717) is 17.0 Å². The van der Waals surface area contributed by atoms with Crippen LogP contribution in [0.3, 0.4) is 0 Å². The van der Waals surface area contributed by atoms with Crippen molar-refractivity contribution in [3.05, 3.63) is 69.6 Å². The number of rotatable bonds is 4. The molecule has 0 aliphatic rings. The molecule has 1 amide bonds. The van der Waals surface area contributed by atoms with Gasteiger partial charge in [-0.1, -0.05) is 24.3 Å². The summed E-state index contributed by atoms with van der Waals surface area (Å²) in [4.78, 5) is 23.2. The monoisotopic (exact) mass is 337 g/mol. The Kier molecular flexibility index (Phi) is 4.57. The van der Waals surface area contributed by atoms with Crippen molar-refractivity contribution < 1.29 is 13.9 Å². The molecule has 0 radical (unpaired) electrons.